The molecule has 2 aromatic carbocycles. The molecule has 0 fully saturated rings. The number of hydrogen-bond acceptors (Lipinski definition) is 7. The van der Waals surface area contributed by atoms with E-state index in [1.165, 1.54) is 28.4 Å². The first kappa shape index (κ1) is 20.5. The number of halogens is 1. The molecule has 1 aliphatic rings. The number of nitrogens with zero attached hydrogens (tertiary/aromatic N) is 3. The summed E-state index contributed by atoms with van der Waals surface area (Å²) in [4.78, 5) is 26.0. The molecule has 1 aromatic heterocycles. The largest absolute Gasteiger partial charge is 0.356 e. The van der Waals surface area contributed by atoms with Gasteiger partial charge in [0.1, 0.15) is 5.82 Å². The van der Waals surface area contributed by atoms with Crippen LogP contribution in [0, 0.1) is 5.82 Å². The van der Waals surface area contributed by atoms with Crippen LogP contribution < -0.4 is 5.32 Å². The third kappa shape index (κ3) is 4.68. The average molecular weight is 443 g/mol. The molecule has 0 radical (unpaired) electrons. The smallest absolute Gasteiger partial charge is 0.261 e. The van der Waals surface area contributed by atoms with E-state index in [9.17, 15) is 14.0 Å². The molecule has 0 bridgehead atoms. The molecule has 0 unspecified atom stereocenters. The number of aromatic nitrogens is 2. The van der Waals surface area contributed by atoms with Crippen molar-refractivity contribution in [1.29, 1.82) is 0 Å². The van der Waals surface area contributed by atoms with Crippen LogP contribution in [0.15, 0.2) is 52.9 Å². The highest BCUT2D eigenvalue weighted by atomic mass is 32.2. The molecule has 4 rings (SSSR count). The van der Waals surface area contributed by atoms with Gasteiger partial charge in [0.25, 0.3) is 11.8 Å². The molecule has 1 N–H and O–H groups in total. The van der Waals surface area contributed by atoms with Crippen molar-refractivity contribution in [1.82, 2.24) is 15.1 Å². The maximum Gasteiger partial charge on any atom is 0.261 e. The lowest BCUT2D eigenvalue weighted by molar-refractivity contribution is 0.0652. The Balaban J connectivity index is 1.17. The van der Waals surface area contributed by atoms with Gasteiger partial charge in [0.15, 0.2) is 4.34 Å². The van der Waals surface area contributed by atoms with Crippen LogP contribution in [0.3, 0.4) is 0 Å². The van der Waals surface area contributed by atoms with Gasteiger partial charge in [-0.05, 0) is 42.7 Å². The topological polar surface area (TPSA) is 75.2 Å². The Kier molecular flexibility index (Phi) is 6.39. The molecule has 9 heteroatoms. The molecular formula is C21H19FN4O2S2. The summed E-state index contributed by atoms with van der Waals surface area (Å²) in [5.41, 5.74) is 1.95. The van der Waals surface area contributed by atoms with Crippen LogP contribution in [0.5, 0.6) is 0 Å². The van der Waals surface area contributed by atoms with Gasteiger partial charge in [-0.15, -0.1) is 10.2 Å². The van der Waals surface area contributed by atoms with E-state index in [1.807, 2.05) is 0 Å². The van der Waals surface area contributed by atoms with Gasteiger partial charge < -0.3 is 5.32 Å². The molecular weight excluding hydrogens is 423 g/mol. The Morgan fingerprint density at radius 3 is 2.37 bits per heavy atom. The van der Waals surface area contributed by atoms with E-state index < -0.39 is 0 Å². The van der Waals surface area contributed by atoms with E-state index in [4.69, 9.17) is 0 Å². The number of benzene rings is 2. The molecule has 30 heavy (non-hydrogen) atoms. The fraction of sp³-hybridized carbons (Fsp3) is 0.238. The maximum atomic E-state index is 12.9. The zero-order valence-corrected chi connectivity index (χ0v) is 17.6. The highest BCUT2D eigenvalue weighted by Gasteiger charge is 2.34. The summed E-state index contributed by atoms with van der Waals surface area (Å²) in [7, 11) is 0. The Labute approximate surface area is 181 Å². The molecule has 1 aliphatic heterocycles. The number of carbonyl (C=O) groups excluding carboxylic acids is 2. The Hall–Kier alpha value is -2.78. The van der Waals surface area contributed by atoms with Gasteiger partial charge in [-0.3, -0.25) is 14.5 Å². The van der Waals surface area contributed by atoms with Crippen molar-refractivity contribution < 1.29 is 14.0 Å². The first-order valence-corrected chi connectivity index (χ1v) is 11.3. The molecule has 154 valence electrons. The zero-order chi connectivity index (χ0) is 20.9. The van der Waals surface area contributed by atoms with E-state index in [0.717, 1.165) is 28.5 Å². The lowest BCUT2D eigenvalue weighted by Gasteiger charge is -2.13. The quantitative estimate of drug-likeness (QED) is 0.300. The minimum Gasteiger partial charge on any atom is -0.356 e. The van der Waals surface area contributed by atoms with Gasteiger partial charge in [-0.2, -0.15) is 0 Å². The third-order valence-electron chi connectivity index (χ3n) is 4.64. The van der Waals surface area contributed by atoms with Crippen molar-refractivity contribution in [3.63, 3.8) is 0 Å². The second-order valence-electron chi connectivity index (χ2n) is 6.72. The average Bonchev–Trinajstić information content (AvgIpc) is 3.31. The number of hydrogen-bond donors (Lipinski definition) is 1. The Morgan fingerprint density at radius 1 is 0.967 bits per heavy atom. The molecule has 6 nitrogen and oxygen atoms in total. The number of anilines is 1. The lowest BCUT2D eigenvalue weighted by atomic mass is 10.1. The van der Waals surface area contributed by atoms with E-state index in [1.54, 1.807) is 48.2 Å². The number of rotatable bonds is 9. The summed E-state index contributed by atoms with van der Waals surface area (Å²) in [6.07, 6.45) is 1.60. The molecule has 0 saturated heterocycles. The zero-order valence-electron chi connectivity index (χ0n) is 16.0. The monoisotopic (exact) mass is 442 g/mol. The number of carbonyl (C=O) groups is 2. The molecule has 0 aliphatic carbocycles. The Morgan fingerprint density at radius 2 is 1.67 bits per heavy atom. The number of thioether (sulfide) groups is 1. The number of amides is 2. The molecule has 2 amide bonds. The molecule has 3 aromatic rings. The van der Waals surface area contributed by atoms with E-state index in [2.05, 4.69) is 15.5 Å². The van der Waals surface area contributed by atoms with Gasteiger partial charge >= 0.3 is 0 Å². The number of unbranched alkanes of at least 4 members (excludes halogenated alkanes) is 1. The minimum absolute atomic E-state index is 0.204. The van der Waals surface area contributed by atoms with Crippen LogP contribution in [0.25, 0.3) is 0 Å². The standard InChI is InChI=1S/C21H19FN4O2S2/c22-15-9-7-14(8-10-15)13-23-20-24-25-21(30-20)29-12-4-3-11-26-18(27)16-5-1-2-6-17(16)19(26)28/h1-2,5-10H,3-4,11-13H2,(H,23,24). The van der Waals surface area contributed by atoms with Crippen molar-refractivity contribution >= 4 is 40.0 Å². The van der Waals surface area contributed by atoms with Crippen molar-refractivity contribution in [2.24, 2.45) is 0 Å². The third-order valence-corrected chi connectivity index (χ3v) is 6.74. The van der Waals surface area contributed by atoms with Crippen LogP contribution in [0.4, 0.5) is 9.52 Å². The number of imide groups is 1. The van der Waals surface area contributed by atoms with Crippen LogP contribution >= 0.6 is 23.1 Å². The second-order valence-corrected chi connectivity index (χ2v) is 9.04. The van der Waals surface area contributed by atoms with Crippen molar-refractivity contribution in [2.45, 2.75) is 23.7 Å². The van der Waals surface area contributed by atoms with Gasteiger partial charge in [0.2, 0.25) is 5.13 Å². The van der Waals surface area contributed by atoms with Crippen molar-refractivity contribution in [3.8, 4) is 0 Å². The van der Waals surface area contributed by atoms with Gasteiger partial charge in [0, 0.05) is 18.8 Å². The van der Waals surface area contributed by atoms with Gasteiger partial charge in [-0.25, -0.2) is 4.39 Å². The fourth-order valence-corrected chi connectivity index (χ4v) is 4.91. The van der Waals surface area contributed by atoms with E-state index >= 15 is 0 Å². The Bertz CT molecular complexity index is 1020. The van der Waals surface area contributed by atoms with Crippen LogP contribution in [0.2, 0.25) is 0 Å². The molecule has 0 saturated carbocycles. The molecule has 2 heterocycles. The van der Waals surface area contributed by atoms with E-state index in [0.29, 0.717) is 29.3 Å². The summed E-state index contributed by atoms with van der Waals surface area (Å²) < 4.78 is 13.8. The summed E-state index contributed by atoms with van der Waals surface area (Å²) in [6, 6.07) is 13.3. The maximum absolute atomic E-state index is 12.9. The van der Waals surface area contributed by atoms with Crippen LogP contribution in [0.1, 0.15) is 39.1 Å². The van der Waals surface area contributed by atoms with Crippen LogP contribution in [-0.4, -0.2) is 39.2 Å². The van der Waals surface area contributed by atoms with Gasteiger partial charge in [-0.1, -0.05) is 47.4 Å². The summed E-state index contributed by atoms with van der Waals surface area (Å²) >= 11 is 3.07. The number of fused-ring (bicyclic) bond motifs is 1. The second kappa shape index (κ2) is 9.36. The van der Waals surface area contributed by atoms with Crippen molar-refractivity contribution in [2.75, 3.05) is 17.6 Å². The molecule has 0 atom stereocenters. The fourth-order valence-electron chi connectivity index (χ4n) is 3.09. The normalized spacial score (nSPS) is 13.0. The first-order chi connectivity index (χ1) is 14.6. The predicted octanol–water partition coefficient (Wildman–Crippen LogP) is 4.46. The predicted molar refractivity (Wildman–Crippen MR) is 115 cm³/mol. The van der Waals surface area contributed by atoms with E-state index in [-0.39, 0.29) is 17.6 Å². The van der Waals surface area contributed by atoms with Crippen molar-refractivity contribution in [3.05, 3.63) is 71.0 Å². The summed E-state index contributed by atoms with van der Waals surface area (Å²) in [6.45, 7) is 0.980. The van der Waals surface area contributed by atoms with Crippen LogP contribution in [-0.2, 0) is 6.54 Å². The molecule has 0 spiro atoms. The summed E-state index contributed by atoms with van der Waals surface area (Å²) in [5.74, 6) is 0.167. The van der Waals surface area contributed by atoms with Gasteiger partial charge in [0.05, 0.1) is 11.1 Å². The highest BCUT2D eigenvalue weighted by Crippen LogP contribution is 2.27. The number of nitrogens with one attached hydrogen (secondary N) is 1. The summed E-state index contributed by atoms with van der Waals surface area (Å²) in [5, 5.41) is 12.2. The SMILES string of the molecule is O=C1c2ccccc2C(=O)N1CCCCSc1nnc(NCc2ccc(F)cc2)s1. The lowest BCUT2D eigenvalue weighted by Crippen LogP contribution is -2.30. The minimum atomic E-state index is -0.253. The first-order valence-electron chi connectivity index (χ1n) is 9.51. The highest BCUT2D eigenvalue weighted by molar-refractivity contribution is 8.01.